The van der Waals surface area contributed by atoms with Crippen LogP contribution in [-0.2, 0) is 14.8 Å². The minimum Gasteiger partial charge on any atom is -0.338 e. The molecule has 1 amide bonds. The lowest BCUT2D eigenvalue weighted by Gasteiger charge is -2.41. The number of carbonyl (C=O) groups is 1. The summed E-state index contributed by atoms with van der Waals surface area (Å²) < 4.78 is 26.5. The topological polar surface area (TPSA) is 60.9 Å². The number of nitrogens with zero attached hydrogens (tertiary/aromatic N) is 3. The van der Waals surface area contributed by atoms with E-state index in [0.29, 0.717) is 31.9 Å². The van der Waals surface area contributed by atoms with Crippen LogP contribution in [0.1, 0.15) is 29.7 Å². The van der Waals surface area contributed by atoms with Crippen LogP contribution in [0.2, 0.25) is 0 Å². The van der Waals surface area contributed by atoms with Crippen LogP contribution >= 0.6 is 0 Å². The summed E-state index contributed by atoms with van der Waals surface area (Å²) in [5.41, 5.74) is 3.97. The normalized spacial score (nSPS) is 15.7. The number of benzene rings is 3. The second-order valence-electron chi connectivity index (χ2n) is 9.16. The van der Waals surface area contributed by atoms with Gasteiger partial charge in [0.2, 0.25) is 15.9 Å². The van der Waals surface area contributed by atoms with Crippen LogP contribution in [0, 0.1) is 6.92 Å². The van der Waals surface area contributed by atoms with Gasteiger partial charge in [-0.2, -0.15) is 0 Å². The van der Waals surface area contributed by atoms with Crippen molar-refractivity contribution in [2.75, 3.05) is 36.7 Å². The molecule has 1 aliphatic rings. The van der Waals surface area contributed by atoms with E-state index in [9.17, 15) is 13.2 Å². The van der Waals surface area contributed by atoms with Gasteiger partial charge in [-0.15, -0.1) is 0 Å². The molecule has 1 fully saturated rings. The molecular formula is C28H33N3O3S. The summed E-state index contributed by atoms with van der Waals surface area (Å²) in [6.07, 6.45) is 1.15. The van der Waals surface area contributed by atoms with E-state index in [1.54, 1.807) is 24.0 Å². The van der Waals surface area contributed by atoms with Crippen molar-refractivity contribution in [1.29, 1.82) is 0 Å². The Morgan fingerprint density at radius 3 is 1.74 bits per heavy atom. The molecule has 6 nitrogen and oxygen atoms in total. The Hall–Kier alpha value is -3.16. The Balaban J connectivity index is 1.51. The Labute approximate surface area is 208 Å². The highest BCUT2D eigenvalue weighted by Gasteiger charge is 2.34. The standard InChI is InChI=1S/C28H33N3O3S/c1-22-14-16-26(17-15-22)31(35(3,33)34)23(2)28(32)30-20-18-29(19-21-30)27(24-10-6-4-7-11-24)25-12-8-5-9-13-25/h4-17,23,27H,18-21H2,1-3H3/t23-/m1/s1. The molecule has 0 unspecified atom stereocenters. The van der Waals surface area contributed by atoms with Crippen LogP contribution in [-0.4, -0.2) is 62.6 Å². The van der Waals surface area contributed by atoms with Crippen molar-refractivity contribution in [2.24, 2.45) is 0 Å². The molecule has 184 valence electrons. The summed E-state index contributed by atoms with van der Waals surface area (Å²) in [7, 11) is -3.63. The summed E-state index contributed by atoms with van der Waals surface area (Å²) in [4.78, 5) is 17.6. The minimum absolute atomic E-state index is 0.104. The smallest absolute Gasteiger partial charge is 0.246 e. The predicted octanol–water partition coefficient (Wildman–Crippen LogP) is 4.08. The van der Waals surface area contributed by atoms with Crippen molar-refractivity contribution >= 4 is 21.6 Å². The number of carbonyl (C=O) groups excluding carboxylic acids is 1. The average Bonchev–Trinajstić information content (AvgIpc) is 2.86. The van der Waals surface area contributed by atoms with E-state index >= 15 is 0 Å². The van der Waals surface area contributed by atoms with Gasteiger partial charge in [0.25, 0.3) is 0 Å². The van der Waals surface area contributed by atoms with Crippen LogP contribution in [0.5, 0.6) is 0 Å². The highest BCUT2D eigenvalue weighted by molar-refractivity contribution is 7.92. The van der Waals surface area contributed by atoms with Gasteiger partial charge >= 0.3 is 0 Å². The maximum atomic E-state index is 13.4. The van der Waals surface area contributed by atoms with Crippen molar-refractivity contribution in [1.82, 2.24) is 9.80 Å². The summed E-state index contributed by atoms with van der Waals surface area (Å²) in [5.74, 6) is -0.174. The average molecular weight is 492 g/mol. The molecular weight excluding hydrogens is 458 g/mol. The molecule has 1 aliphatic heterocycles. The zero-order valence-corrected chi connectivity index (χ0v) is 21.4. The number of hydrogen-bond acceptors (Lipinski definition) is 4. The molecule has 1 heterocycles. The molecule has 1 atom stereocenters. The van der Waals surface area contributed by atoms with Crippen LogP contribution in [0.4, 0.5) is 5.69 Å². The molecule has 3 aromatic carbocycles. The van der Waals surface area contributed by atoms with E-state index < -0.39 is 16.1 Å². The molecule has 0 bridgehead atoms. The fraction of sp³-hybridized carbons (Fsp3) is 0.321. The van der Waals surface area contributed by atoms with Crippen LogP contribution in [0.15, 0.2) is 84.9 Å². The molecule has 0 saturated carbocycles. The van der Waals surface area contributed by atoms with Gasteiger partial charge in [-0.3, -0.25) is 14.0 Å². The molecule has 7 heteroatoms. The molecule has 4 rings (SSSR count). The van der Waals surface area contributed by atoms with Crippen LogP contribution < -0.4 is 4.31 Å². The molecule has 3 aromatic rings. The van der Waals surface area contributed by atoms with E-state index in [0.717, 1.165) is 11.8 Å². The van der Waals surface area contributed by atoms with Crippen LogP contribution in [0.3, 0.4) is 0 Å². The van der Waals surface area contributed by atoms with Crippen molar-refractivity contribution in [3.8, 4) is 0 Å². The third-order valence-corrected chi connectivity index (χ3v) is 7.82. The molecule has 1 saturated heterocycles. The highest BCUT2D eigenvalue weighted by Crippen LogP contribution is 2.30. The first-order valence-corrected chi connectivity index (χ1v) is 13.8. The SMILES string of the molecule is Cc1ccc(N([C@H](C)C(=O)N2CCN(C(c3ccccc3)c3ccccc3)CC2)S(C)(=O)=O)cc1. The van der Waals surface area contributed by atoms with Gasteiger partial charge in [0.15, 0.2) is 0 Å². The molecule has 0 N–H and O–H groups in total. The molecule has 0 aromatic heterocycles. The second kappa shape index (κ2) is 10.6. The van der Waals surface area contributed by atoms with Gasteiger partial charge in [0, 0.05) is 26.2 Å². The number of rotatable bonds is 7. The van der Waals surface area contributed by atoms with E-state index in [4.69, 9.17) is 0 Å². The number of anilines is 1. The third kappa shape index (κ3) is 5.74. The summed E-state index contributed by atoms with van der Waals surface area (Å²) in [6, 6.07) is 27.3. The first-order valence-electron chi connectivity index (χ1n) is 11.9. The summed E-state index contributed by atoms with van der Waals surface area (Å²) in [6.45, 7) is 6.12. The van der Waals surface area contributed by atoms with Gasteiger partial charge in [0.05, 0.1) is 18.0 Å². The fourth-order valence-electron chi connectivity index (χ4n) is 4.84. The Bertz CT molecular complexity index is 1180. The van der Waals surface area contributed by atoms with Gasteiger partial charge in [-0.1, -0.05) is 78.4 Å². The lowest BCUT2D eigenvalue weighted by atomic mass is 9.96. The highest BCUT2D eigenvalue weighted by atomic mass is 32.2. The third-order valence-electron chi connectivity index (χ3n) is 6.58. The zero-order valence-electron chi connectivity index (χ0n) is 20.5. The molecule has 0 radical (unpaired) electrons. The van der Waals surface area contributed by atoms with Crippen molar-refractivity contribution in [2.45, 2.75) is 25.9 Å². The van der Waals surface area contributed by atoms with Gasteiger partial charge in [-0.25, -0.2) is 8.42 Å². The summed E-state index contributed by atoms with van der Waals surface area (Å²) in [5, 5.41) is 0. The monoisotopic (exact) mass is 491 g/mol. The van der Waals surface area contributed by atoms with E-state index in [1.807, 2.05) is 31.2 Å². The van der Waals surface area contributed by atoms with E-state index in [1.165, 1.54) is 15.4 Å². The van der Waals surface area contributed by atoms with Crippen molar-refractivity contribution in [3.05, 3.63) is 102 Å². The number of aryl methyl sites for hydroxylation is 1. The van der Waals surface area contributed by atoms with Crippen molar-refractivity contribution < 1.29 is 13.2 Å². The molecule has 35 heavy (non-hydrogen) atoms. The molecule has 0 aliphatic carbocycles. The second-order valence-corrected chi connectivity index (χ2v) is 11.0. The number of sulfonamides is 1. The number of piperazine rings is 1. The van der Waals surface area contributed by atoms with Gasteiger partial charge in [-0.05, 0) is 37.1 Å². The largest absolute Gasteiger partial charge is 0.338 e. The maximum absolute atomic E-state index is 13.4. The van der Waals surface area contributed by atoms with E-state index in [-0.39, 0.29) is 11.9 Å². The maximum Gasteiger partial charge on any atom is 0.246 e. The van der Waals surface area contributed by atoms with Gasteiger partial charge in [0.1, 0.15) is 6.04 Å². The number of amides is 1. The predicted molar refractivity (Wildman–Crippen MR) is 141 cm³/mol. The Morgan fingerprint density at radius 1 is 0.800 bits per heavy atom. The quantitative estimate of drug-likeness (QED) is 0.500. The first-order chi connectivity index (χ1) is 16.8. The lowest BCUT2D eigenvalue weighted by molar-refractivity contribution is -0.134. The summed E-state index contributed by atoms with van der Waals surface area (Å²) >= 11 is 0. The zero-order chi connectivity index (χ0) is 25.0. The molecule has 0 spiro atoms. The minimum atomic E-state index is -3.63. The van der Waals surface area contributed by atoms with Gasteiger partial charge < -0.3 is 4.90 Å². The Kier molecular flexibility index (Phi) is 7.57. The van der Waals surface area contributed by atoms with E-state index in [2.05, 4.69) is 53.4 Å². The fourth-order valence-corrected chi connectivity index (χ4v) is 6.01. The lowest BCUT2D eigenvalue weighted by Crippen LogP contribution is -2.55. The first kappa shape index (κ1) is 24.9. The van der Waals surface area contributed by atoms with Crippen LogP contribution in [0.25, 0.3) is 0 Å². The Morgan fingerprint density at radius 2 is 1.29 bits per heavy atom. The number of hydrogen-bond donors (Lipinski definition) is 0. The van der Waals surface area contributed by atoms with Crippen molar-refractivity contribution in [3.63, 3.8) is 0 Å².